The Bertz CT molecular complexity index is 258. The van der Waals surface area contributed by atoms with Gasteiger partial charge in [-0.05, 0) is 19.4 Å². The molecule has 1 aliphatic heterocycles. The summed E-state index contributed by atoms with van der Waals surface area (Å²) < 4.78 is 37.5. The summed E-state index contributed by atoms with van der Waals surface area (Å²) in [7, 11) is 0. The van der Waals surface area contributed by atoms with Gasteiger partial charge in [-0.1, -0.05) is 0 Å². The normalized spacial score (nSPS) is 22.5. The average Bonchev–Trinajstić information content (AvgIpc) is 2.25. The number of piperidine rings is 1. The van der Waals surface area contributed by atoms with E-state index in [2.05, 4.69) is 5.32 Å². The Morgan fingerprint density at radius 2 is 2.18 bits per heavy atom. The minimum atomic E-state index is -4.18. The number of alkyl halides is 3. The van der Waals surface area contributed by atoms with Gasteiger partial charge < -0.3 is 10.4 Å². The standard InChI is InChI=1S/C10H17F3N2O2/c11-10(12,13)8-2-1-4-15(6-8)7-9(17)14-3-5-16/h8,16H,1-7H2,(H,14,17). The number of aliphatic hydroxyl groups excluding tert-OH is 1. The van der Waals surface area contributed by atoms with Gasteiger partial charge in [0.15, 0.2) is 0 Å². The second-order valence-electron chi connectivity index (χ2n) is 4.19. The van der Waals surface area contributed by atoms with E-state index in [9.17, 15) is 18.0 Å². The first kappa shape index (κ1) is 14.2. The van der Waals surface area contributed by atoms with Gasteiger partial charge in [0.05, 0.1) is 19.1 Å². The summed E-state index contributed by atoms with van der Waals surface area (Å²) >= 11 is 0. The third-order valence-electron chi connectivity index (χ3n) is 2.77. The van der Waals surface area contributed by atoms with Crippen LogP contribution in [0.3, 0.4) is 0 Å². The molecule has 0 aromatic carbocycles. The summed E-state index contributed by atoms with van der Waals surface area (Å²) in [6, 6.07) is 0. The Hall–Kier alpha value is -0.820. The molecular weight excluding hydrogens is 237 g/mol. The Kier molecular flexibility index (Phi) is 5.20. The number of carbonyl (C=O) groups is 1. The fourth-order valence-electron chi connectivity index (χ4n) is 1.92. The molecule has 0 saturated carbocycles. The number of likely N-dealkylation sites (tertiary alicyclic amines) is 1. The molecule has 0 bridgehead atoms. The van der Waals surface area contributed by atoms with E-state index in [4.69, 9.17) is 5.11 Å². The fourth-order valence-corrected chi connectivity index (χ4v) is 1.92. The lowest BCUT2D eigenvalue weighted by Crippen LogP contribution is -2.46. The van der Waals surface area contributed by atoms with Gasteiger partial charge in [-0.25, -0.2) is 0 Å². The first-order valence-electron chi connectivity index (χ1n) is 5.60. The van der Waals surface area contributed by atoms with Crippen molar-refractivity contribution >= 4 is 5.91 Å². The Balaban J connectivity index is 2.37. The lowest BCUT2D eigenvalue weighted by Gasteiger charge is -2.33. The third-order valence-corrected chi connectivity index (χ3v) is 2.77. The van der Waals surface area contributed by atoms with Crippen molar-refractivity contribution in [3.63, 3.8) is 0 Å². The fraction of sp³-hybridized carbons (Fsp3) is 0.900. The molecule has 17 heavy (non-hydrogen) atoms. The van der Waals surface area contributed by atoms with Gasteiger partial charge in [0, 0.05) is 13.1 Å². The van der Waals surface area contributed by atoms with Crippen LogP contribution in [0.1, 0.15) is 12.8 Å². The summed E-state index contributed by atoms with van der Waals surface area (Å²) in [5.41, 5.74) is 0. The minimum Gasteiger partial charge on any atom is -0.395 e. The molecule has 1 rings (SSSR count). The van der Waals surface area contributed by atoms with Gasteiger partial charge in [0.1, 0.15) is 0 Å². The third kappa shape index (κ3) is 4.91. The predicted octanol–water partition coefficient (Wildman–Crippen LogP) is 0.369. The van der Waals surface area contributed by atoms with E-state index < -0.39 is 12.1 Å². The highest BCUT2D eigenvalue weighted by Crippen LogP contribution is 2.32. The number of hydrogen-bond donors (Lipinski definition) is 2. The zero-order valence-electron chi connectivity index (χ0n) is 9.46. The van der Waals surface area contributed by atoms with Gasteiger partial charge in [-0.2, -0.15) is 13.2 Å². The molecule has 1 amide bonds. The highest BCUT2D eigenvalue weighted by Gasteiger charge is 2.41. The molecule has 0 radical (unpaired) electrons. The molecule has 1 atom stereocenters. The summed E-state index contributed by atoms with van der Waals surface area (Å²) in [6.45, 7) is 0.327. The quantitative estimate of drug-likeness (QED) is 0.762. The van der Waals surface area contributed by atoms with Crippen LogP contribution in [0.25, 0.3) is 0 Å². The summed E-state index contributed by atoms with van der Waals surface area (Å²) in [5.74, 6) is -1.68. The molecule has 1 aliphatic rings. The van der Waals surface area contributed by atoms with Crippen molar-refractivity contribution in [3.8, 4) is 0 Å². The van der Waals surface area contributed by atoms with Crippen molar-refractivity contribution in [2.45, 2.75) is 19.0 Å². The molecule has 1 heterocycles. The zero-order valence-corrected chi connectivity index (χ0v) is 9.46. The highest BCUT2D eigenvalue weighted by molar-refractivity contribution is 5.77. The molecule has 100 valence electrons. The second-order valence-corrected chi connectivity index (χ2v) is 4.19. The smallest absolute Gasteiger partial charge is 0.393 e. The van der Waals surface area contributed by atoms with E-state index in [1.54, 1.807) is 0 Å². The van der Waals surface area contributed by atoms with E-state index >= 15 is 0 Å². The first-order valence-corrected chi connectivity index (χ1v) is 5.60. The summed E-state index contributed by atoms with van der Waals surface area (Å²) in [4.78, 5) is 12.8. The van der Waals surface area contributed by atoms with Crippen LogP contribution in [0, 0.1) is 5.92 Å². The van der Waals surface area contributed by atoms with Gasteiger partial charge in [-0.15, -0.1) is 0 Å². The average molecular weight is 254 g/mol. The van der Waals surface area contributed by atoms with Crippen molar-refractivity contribution in [2.75, 3.05) is 32.8 Å². The molecule has 4 nitrogen and oxygen atoms in total. The number of halogens is 3. The summed E-state index contributed by atoms with van der Waals surface area (Å²) in [6.07, 6.45) is -3.59. The second kappa shape index (κ2) is 6.20. The summed E-state index contributed by atoms with van der Waals surface area (Å²) in [5, 5.41) is 10.9. The van der Waals surface area contributed by atoms with E-state index in [0.717, 1.165) is 0 Å². The van der Waals surface area contributed by atoms with Crippen molar-refractivity contribution in [1.82, 2.24) is 10.2 Å². The van der Waals surface area contributed by atoms with E-state index in [-0.39, 0.29) is 38.6 Å². The minimum absolute atomic E-state index is 0.0351. The molecule has 7 heteroatoms. The van der Waals surface area contributed by atoms with Crippen LogP contribution in [0.4, 0.5) is 13.2 Å². The van der Waals surface area contributed by atoms with E-state index in [0.29, 0.717) is 13.0 Å². The van der Waals surface area contributed by atoms with Gasteiger partial charge >= 0.3 is 6.18 Å². The number of hydrogen-bond acceptors (Lipinski definition) is 3. The molecule has 2 N–H and O–H groups in total. The predicted molar refractivity (Wildman–Crippen MR) is 55.3 cm³/mol. The highest BCUT2D eigenvalue weighted by atomic mass is 19.4. The molecule has 0 aromatic rings. The van der Waals surface area contributed by atoms with Gasteiger partial charge in [0.25, 0.3) is 0 Å². The molecule has 1 saturated heterocycles. The van der Waals surface area contributed by atoms with Crippen LogP contribution in [0.15, 0.2) is 0 Å². The van der Waals surface area contributed by atoms with Crippen LogP contribution in [0.2, 0.25) is 0 Å². The van der Waals surface area contributed by atoms with Crippen molar-refractivity contribution in [2.24, 2.45) is 5.92 Å². The van der Waals surface area contributed by atoms with Crippen LogP contribution < -0.4 is 5.32 Å². The van der Waals surface area contributed by atoms with Crippen molar-refractivity contribution < 1.29 is 23.1 Å². The van der Waals surface area contributed by atoms with Crippen LogP contribution in [-0.4, -0.2) is 54.9 Å². The first-order chi connectivity index (χ1) is 7.93. The lowest BCUT2D eigenvalue weighted by molar-refractivity contribution is -0.187. The topological polar surface area (TPSA) is 52.6 Å². The van der Waals surface area contributed by atoms with Crippen LogP contribution in [-0.2, 0) is 4.79 Å². The molecule has 0 spiro atoms. The van der Waals surface area contributed by atoms with Crippen molar-refractivity contribution in [3.05, 3.63) is 0 Å². The largest absolute Gasteiger partial charge is 0.395 e. The molecular formula is C10H17F3N2O2. The van der Waals surface area contributed by atoms with Crippen LogP contribution >= 0.6 is 0 Å². The zero-order chi connectivity index (χ0) is 12.9. The maximum atomic E-state index is 12.5. The van der Waals surface area contributed by atoms with E-state index in [1.165, 1.54) is 4.90 Å². The van der Waals surface area contributed by atoms with Crippen molar-refractivity contribution in [1.29, 1.82) is 0 Å². The molecule has 1 fully saturated rings. The number of carbonyl (C=O) groups excluding carboxylic acids is 1. The molecule has 1 unspecified atom stereocenters. The van der Waals surface area contributed by atoms with Gasteiger partial charge in [-0.3, -0.25) is 9.69 Å². The van der Waals surface area contributed by atoms with E-state index in [1.807, 2.05) is 0 Å². The van der Waals surface area contributed by atoms with Crippen LogP contribution in [0.5, 0.6) is 0 Å². The SMILES string of the molecule is O=C(CN1CCCC(C(F)(F)F)C1)NCCO. The number of amides is 1. The number of nitrogens with one attached hydrogen (secondary N) is 1. The number of nitrogens with zero attached hydrogens (tertiary/aromatic N) is 1. The lowest BCUT2D eigenvalue weighted by atomic mass is 9.97. The number of aliphatic hydroxyl groups is 1. The maximum absolute atomic E-state index is 12.5. The van der Waals surface area contributed by atoms with Gasteiger partial charge in [0.2, 0.25) is 5.91 Å². The molecule has 0 aliphatic carbocycles. The molecule has 0 aromatic heterocycles. The Labute approximate surface area is 97.8 Å². The number of rotatable bonds is 4. The Morgan fingerprint density at radius 3 is 2.76 bits per heavy atom. The monoisotopic (exact) mass is 254 g/mol. The maximum Gasteiger partial charge on any atom is 0.393 e. The Morgan fingerprint density at radius 1 is 1.47 bits per heavy atom.